The van der Waals surface area contributed by atoms with Crippen LogP contribution in [0.2, 0.25) is 0 Å². The molecule has 7 rings (SSSR count). The van der Waals surface area contributed by atoms with Crippen LogP contribution >= 0.6 is 0 Å². The van der Waals surface area contributed by atoms with E-state index in [9.17, 15) is 19.2 Å². The Bertz CT molecular complexity index is 2060. The SMILES string of the molecule is O=c1oc(=O)c2cc3cc4c(-c5ccccc5)c5c(=O)oc(=O)c5c(-c5ccccc5)c4cc3cc12. The maximum Gasteiger partial charge on any atom is 0.347 e. The minimum absolute atomic E-state index is 0.201. The Morgan fingerprint density at radius 3 is 1.19 bits per heavy atom. The Kier molecular flexibility index (Phi) is 4.06. The zero-order valence-corrected chi connectivity index (χ0v) is 18.5. The standard InChI is InChI=1S/C30H14O6/c31-27-21-13-17-11-19-20(12-18(17)14-22(21)28(32)35-27)24(16-9-5-2-6-10-16)26-25(29(33)36-30(26)34)23(19)15-7-3-1-4-8-15/h1-14H. The van der Waals surface area contributed by atoms with Crippen LogP contribution in [-0.2, 0) is 0 Å². The molecule has 0 radical (unpaired) electrons. The van der Waals surface area contributed by atoms with Gasteiger partial charge in [-0.1, -0.05) is 60.7 Å². The lowest BCUT2D eigenvalue weighted by atomic mass is 9.86. The second-order valence-electron chi connectivity index (χ2n) is 8.73. The quantitative estimate of drug-likeness (QED) is 0.325. The van der Waals surface area contributed by atoms with Crippen LogP contribution in [0.4, 0.5) is 0 Å². The third-order valence-corrected chi connectivity index (χ3v) is 6.75. The molecular formula is C30H14O6. The van der Waals surface area contributed by atoms with Crippen LogP contribution in [0.5, 0.6) is 0 Å². The molecule has 6 heteroatoms. The van der Waals surface area contributed by atoms with Crippen LogP contribution < -0.4 is 22.5 Å². The van der Waals surface area contributed by atoms with Gasteiger partial charge in [0.15, 0.2) is 0 Å². The highest BCUT2D eigenvalue weighted by Crippen LogP contribution is 2.43. The Hall–Kier alpha value is -5.10. The lowest BCUT2D eigenvalue weighted by Crippen LogP contribution is -1.98. The molecule has 36 heavy (non-hydrogen) atoms. The van der Waals surface area contributed by atoms with Gasteiger partial charge in [0.1, 0.15) is 0 Å². The van der Waals surface area contributed by atoms with E-state index in [-0.39, 0.29) is 21.5 Å². The molecule has 0 fully saturated rings. The van der Waals surface area contributed by atoms with Crippen molar-refractivity contribution in [2.75, 3.05) is 0 Å². The van der Waals surface area contributed by atoms with Crippen molar-refractivity contribution in [1.82, 2.24) is 0 Å². The van der Waals surface area contributed by atoms with Gasteiger partial charge in [-0.05, 0) is 56.9 Å². The molecule has 0 atom stereocenters. The summed E-state index contributed by atoms with van der Waals surface area (Å²) in [6, 6.07) is 25.7. The molecule has 7 aromatic rings. The molecule has 2 heterocycles. The topological polar surface area (TPSA) is 94.6 Å². The van der Waals surface area contributed by atoms with Crippen molar-refractivity contribution >= 4 is 43.1 Å². The largest absolute Gasteiger partial charge is 0.386 e. The van der Waals surface area contributed by atoms with Gasteiger partial charge in [-0.2, -0.15) is 0 Å². The maximum absolute atomic E-state index is 13.1. The number of hydrogen-bond donors (Lipinski definition) is 0. The minimum Gasteiger partial charge on any atom is -0.386 e. The molecule has 6 nitrogen and oxygen atoms in total. The maximum atomic E-state index is 13.1. The van der Waals surface area contributed by atoms with Crippen molar-refractivity contribution in [2.45, 2.75) is 0 Å². The molecule has 5 aromatic carbocycles. The summed E-state index contributed by atoms with van der Waals surface area (Å²) in [5, 5.41) is 3.66. The first-order valence-electron chi connectivity index (χ1n) is 11.3. The van der Waals surface area contributed by atoms with Crippen LogP contribution in [0.15, 0.2) is 113 Å². The normalized spacial score (nSPS) is 11.8. The van der Waals surface area contributed by atoms with Crippen LogP contribution in [-0.4, -0.2) is 0 Å². The Labute approximate surface area is 201 Å². The van der Waals surface area contributed by atoms with Gasteiger partial charge in [-0.25, -0.2) is 19.2 Å². The molecule has 0 N–H and O–H groups in total. The highest BCUT2D eigenvalue weighted by atomic mass is 16.4. The van der Waals surface area contributed by atoms with Crippen LogP contribution in [0.1, 0.15) is 0 Å². The average Bonchev–Trinajstić information content (AvgIpc) is 3.34. The van der Waals surface area contributed by atoms with E-state index in [0.29, 0.717) is 21.9 Å². The van der Waals surface area contributed by atoms with Crippen molar-refractivity contribution in [3.63, 3.8) is 0 Å². The second kappa shape index (κ2) is 7.20. The first-order valence-corrected chi connectivity index (χ1v) is 11.3. The smallest absolute Gasteiger partial charge is 0.347 e. The van der Waals surface area contributed by atoms with Crippen LogP contribution in [0.25, 0.3) is 65.3 Å². The summed E-state index contributed by atoms with van der Waals surface area (Å²) >= 11 is 0. The second-order valence-corrected chi connectivity index (χ2v) is 8.73. The monoisotopic (exact) mass is 470 g/mol. The van der Waals surface area contributed by atoms with Crippen LogP contribution in [0, 0.1) is 0 Å². The number of rotatable bonds is 2. The summed E-state index contributed by atoms with van der Waals surface area (Å²) in [6.07, 6.45) is 0. The van der Waals surface area contributed by atoms with Crippen molar-refractivity contribution in [3.05, 3.63) is 127 Å². The lowest BCUT2D eigenvalue weighted by molar-refractivity contribution is 0.499. The third-order valence-electron chi connectivity index (χ3n) is 6.75. The van der Waals surface area contributed by atoms with Crippen molar-refractivity contribution in [1.29, 1.82) is 0 Å². The molecule has 0 saturated heterocycles. The predicted octanol–water partition coefficient (Wildman–Crippen LogP) is 5.14. The highest BCUT2D eigenvalue weighted by molar-refractivity contribution is 6.23. The molecule has 0 aliphatic heterocycles. The summed E-state index contributed by atoms with van der Waals surface area (Å²) in [6.45, 7) is 0. The van der Waals surface area contributed by atoms with Gasteiger partial charge in [0.2, 0.25) is 0 Å². The molecule has 0 unspecified atom stereocenters. The van der Waals surface area contributed by atoms with Gasteiger partial charge in [-0.3, -0.25) is 0 Å². The molecule has 170 valence electrons. The fourth-order valence-electron chi connectivity index (χ4n) is 5.22. The van der Waals surface area contributed by atoms with E-state index in [1.165, 1.54) is 0 Å². The number of hydrogen-bond acceptors (Lipinski definition) is 6. The number of furan rings is 2. The third kappa shape index (κ3) is 2.72. The van der Waals surface area contributed by atoms with E-state index < -0.39 is 22.5 Å². The molecule has 0 spiro atoms. The summed E-state index contributed by atoms with van der Waals surface area (Å²) in [5.74, 6) is 0. The lowest BCUT2D eigenvalue weighted by Gasteiger charge is -2.15. The van der Waals surface area contributed by atoms with Gasteiger partial charge in [0.05, 0.1) is 21.5 Å². The van der Waals surface area contributed by atoms with Gasteiger partial charge in [0, 0.05) is 11.1 Å². The summed E-state index contributed by atoms with van der Waals surface area (Å²) in [7, 11) is 0. The number of fused-ring (bicyclic) bond motifs is 4. The molecule has 0 amide bonds. The van der Waals surface area contributed by atoms with E-state index in [4.69, 9.17) is 8.83 Å². The molecular weight excluding hydrogens is 456 g/mol. The van der Waals surface area contributed by atoms with Gasteiger partial charge >= 0.3 is 22.5 Å². The van der Waals surface area contributed by atoms with E-state index in [2.05, 4.69) is 0 Å². The molecule has 2 aromatic heterocycles. The summed E-state index contributed by atoms with van der Waals surface area (Å²) in [4.78, 5) is 50.5. The van der Waals surface area contributed by atoms with E-state index in [1.54, 1.807) is 12.1 Å². The predicted molar refractivity (Wildman–Crippen MR) is 139 cm³/mol. The van der Waals surface area contributed by atoms with Gasteiger partial charge in [-0.15, -0.1) is 0 Å². The summed E-state index contributed by atoms with van der Waals surface area (Å²) < 4.78 is 9.93. The first kappa shape index (κ1) is 20.3. The fourth-order valence-corrected chi connectivity index (χ4v) is 5.22. The zero-order valence-electron chi connectivity index (χ0n) is 18.5. The number of benzene rings is 5. The fraction of sp³-hybridized carbons (Fsp3) is 0. The Morgan fingerprint density at radius 2 is 0.778 bits per heavy atom. The Balaban J connectivity index is 1.80. The van der Waals surface area contributed by atoms with E-state index in [1.807, 2.05) is 72.8 Å². The van der Waals surface area contributed by atoms with Crippen LogP contribution in [0.3, 0.4) is 0 Å². The first-order chi connectivity index (χ1) is 17.5. The minimum atomic E-state index is -0.698. The molecule has 0 aliphatic carbocycles. The van der Waals surface area contributed by atoms with Gasteiger partial charge < -0.3 is 8.83 Å². The molecule has 0 bridgehead atoms. The Morgan fingerprint density at radius 1 is 0.417 bits per heavy atom. The molecule has 0 aliphatic rings. The van der Waals surface area contributed by atoms with E-state index in [0.717, 1.165) is 21.9 Å². The summed E-state index contributed by atoms with van der Waals surface area (Å²) in [5.41, 5.74) is -0.108. The highest BCUT2D eigenvalue weighted by Gasteiger charge is 2.24. The van der Waals surface area contributed by atoms with Crippen molar-refractivity contribution < 1.29 is 8.83 Å². The van der Waals surface area contributed by atoms with Crippen molar-refractivity contribution in [3.8, 4) is 22.3 Å². The average molecular weight is 470 g/mol. The zero-order chi connectivity index (χ0) is 24.6. The van der Waals surface area contributed by atoms with E-state index >= 15 is 0 Å². The van der Waals surface area contributed by atoms with Crippen molar-refractivity contribution in [2.24, 2.45) is 0 Å². The molecule has 0 saturated carbocycles. The van der Waals surface area contributed by atoms with Gasteiger partial charge in [0.25, 0.3) is 0 Å².